The van der Waals surface area contributed by atoms with E-state index in [0.717, 1.165) is 5.92 Å². The molecule has 0 saturated heterocycles. The Morgan fingerprint density at radius 2 is 1.20 bits per heavy atom. The molecule has 0 aromatic rings. The second-order valence-electron chi connectivity index (χ2n) is 6.26. The Morgan fingerprint density at radius 1 is 0.733 bits per heavy atom. The topological polar surface area (TPSA) is 0 Å². The molecule has 0 nitrogen and oxygen atoms in total. The Morgan fingerprint density at radius 3 is 1.80 bits per heavy atom. The first-order chi connectivity index (χ1) is 7.13. The van der Waals surface area contributed by atoms with E-state index in [4.69, 9.17) is 0 Å². The summed E-state index contributed by atoms with van der Waals surface area (Å²) in [6, 6.07) is 0. The first-order valence-electron chi connectivity index (χ1n) is 7.13. The maximum Gasteiger partial charge on any atom is -0.0329 e. The summed E-state index contributed by atoms with van der Waals surface area (Å²) in [5.74, 6) is 0.914. The van der Waals surface area contributed by atoms with Gasteiger partial charge < -0.3 is 0 Å². The van der Waals surface area contributed by atoms with Crippen molar-refractivity contribution >= 4 is 0 Å². The lowest BCUT2D eigenvalue weighted by Gasteiger charge is -2.32. The van der Waals surface area contributed by atoms with Gasteiger partial charge in [-0.1, -0.05) is 78.6 Å². The third kappa shape index (κ3) is 5.04. The highest BCUT2D eigenvalue weighted by Crippen LogP contribution is 2.36. The van der Waals surface area contributed by atoms with Gasteiger partial charge in [-0.2, -0.15) is 0 Å². The fraction of sp³-hybridized carbons (Fsp3) is 1.00. The molecule has 0 heterocycles. The van der Waals surface area contributed by atoms with Gasteiger partial charge in [0, 0.05) is 0 Å². The molecule has 15 heavy (non-hydrogen) atoms. The summed E-state index contributed by atoms with van der Waals surface area (Å²) in [7, 11) is 0. The summed E-state index contributed by atoms with van der Waals surface area (Å²) in [6.45, 7) is 7.42. The van der Waals surface area contributed by atoms with E-state index in [0.29, 0.717) is 5.41 Å². The molecule has 0 aliphatic heterocycles. The van der Waals surface area contributed by atoms with Crippen LogP contribution in [0.2, 0.25) is 0 Å². The second kappa shape index (κ2) is 6.55. The summed E-state index contributed by atoms with van der Waals surface area (Å²) in [6.07, 6.45) is 14.7. The van der Waals surface area contributed by atoms with Crippen LogP contribution in [-0.4, -0.2) is 0 Å². The monoisotopic (exact) mass is 210 g/mol. The van der Waals surface area contributed by atoms with Crippen LogP contribution < -0.4 is 0 Å². The van der Waals surface area contributed by atoms with Crippen LogP contribution in [0, 0.1) is 11.3 Å². The third-order valence-corrected chi connectivity index (χ3v) is 4.54. The Labute approximate surface area is 96.8 Å². The zero-order chi connectivity index (χ0) is 11.1. The molecule has 0 radical (unpaired) electrons. The summed E-state index contributed by atoms with van der Waals surface area (Å²) in [5, 5.41) is 0. The predicted octanol–water partition coefficient (Wildman–Crippen LogP) is 5.56. The molecule has 1 saturated carbocycles. The molecule has 1 unspecified atom stereocenters. The highest BCUT2D eigenvalue weighted by atomic mass is 14.3. The van der Waals surface area contributed by atoms with Crippen molar-refractivity contribution in [3.05, 3.63) is 0 Å². The van der Waals surface area contributed by atoms with Crippen molar-refractivity contribution in [1.82, 2.24) is 0 Å². The van der Waals surface area contributed by atoms with Crippen LogP contribution in [0.25, 0.3) is 0 Å². The lowest BCUT2D eigenvalue weighted by molar-refractivity contribution is 0.188. The quantitative estimate of drug-likeness (QED) is 0.491. The Hall–Kier alpha value is 0. The van der Waals surface area contributed by atoms with Crippen molar-refractivity contribution in [2.24, 2.45) is 11.3 Å². The Kier molecular flexibility index (Phi) is 5.71. The molecule has 90 valence electrons. The molecule has 1 rings (SSSR count). The van der Waals surface area contributed by atoms with Crippen molar-refractivity contribution in [3.8, 4) is 0 Å². The van der Waals surface area contributed by atoms with Gasteiger partial charge in [0.1, 0.15) is 0 Å². The van der Waals surface area contributed by atoms with Crippen LogP contribution >= 0.6 is 0 Å². The molecule has 1 aliphatic carbocycles. The number of rotatable bonds is 0. The molecule has 0 aromatic heterocycles. The fourth-order valence-electron chi connectivity index (χ4n) is 2.73. The summed E-state index contributed by atoms with van der Waals surface area (Å²) < 4.78 is 0. The van der Waals surface area contributed by atoms with Crippen LogP contribution in [0.15, 0.2) is 0 Å². The maximum absolute atomic E-state index is 2.48. The van der Waals surface area contributed by atoms with Gasteiger partial charge >= 0.3 is 0 Å². The predicted molar refractivity (Wildman–Crippen MR) is 69.1 cm³/mol. The minimum atomic E-state index is 0.583. The number of hydrogen-bond acceptors (Lipinski definition) is 0. The fourth-order valence-corrected chi connectivity index (χ4v) is 2.73. The Balaban J connectivity index is 2.38. The van der Waals surface area contributed by atoms with Crippen molar-refractivity contribution in [2.75, 3.05) is 0 Å². The lowest BCUT2D eigenvalue weighted by Crippen LogP contribution is -2.21. The second-order valence-corrected chi connectivity index (χ2v) is 6.26. The minimum Gasteiger partial charge on any atom is -0.0620 e. The molecule has 1 fully saturated rings. The lowest BCUT2D eigenvalue weighted by atomic mass is 9.73. The van der Waals surface area contributed by atoms with E-state index in [2.05, 4.69) is 20.8 Å². The molecular formula is C15H30. The molecule has 1 aliphatic rings. The normalized spacial score (nSPS) is 30.2. The van der Waals surface area contributed by atoms with Gasteiger partial charge in [-0.3, -0.25) is 0 Å². The molecule has 0 N–H and O–H groups in total. The van der Waals surface area contributed by atoms with Crippen LogP contribution in [0.3, 0.4) is 0 Å². The van der Waals surface area contributed by atoms with E-state index >= 15 is 0 Å². The van der Waals surface area contributed by atoms with Gasteiger partial charge in [0.15, 0.2) is 0 Å². The van der Waals surface area contributed by atoms with Gasteiger partial charge in [-0.05, 0) is 17.8 Å². The highest BCUT2D eigenvalue weighted by Gasteiger charge is 2.24. The first-order valence-corrected chi connectivity index (χ1v) is 7.13. The molecule has 0 aromatic carbocycles. The van der Waals surface area contributed by atoms with Gasteiger partial charge in [0.25, 0.3) is 0 Å². The molecule has 0 bridgehead atoms. The van der Waals surface area contributed by atoms with E-state index in [-0.39, 0.29) is 0 Å². The van der Waals surface area contributed by atoms with Crippen LogP contribution in [0.5, 0.6) is 0 Å². The maximum atomic E-state index is 2.48. The molecule has 0 amide bonds. The average Bonchev–Trinajstić information content (AvgIpc) is 2.18. The largest absolute Gasteiger partial charge is 0.0620 e. The zero-order valence-electron chi connectivity index (χ0n) is 11.1. The molecular weight excluding hydrogens is 180 g/mol. The smallest absolute Gasteiger partial charge is 0.0329 e. The van der Waals surface area contributed by atoms with Crippen molar-refractivity contribution < 1.29 is 0 Å². The van der Waals surface area contributed by atoms with E-state index in [1.165, 1.54) is 64.2 Å². The van der Waals surface area contributed by atoms with E-state index in [1.54, 1.807) is 0 Å². The van der Waals surface area contributed by atoms with Crippen LogP contribution in [0.1, 0.15) is 85.0 Å². The molecule has 1 atom stereocenters. The van der Waals surface area contributed by atoms with Crippen molar-refractivity contribution in [3.63, 3.8) is 0 Å². The third-order valence-electron chi connectivity index (χ3n) is 4.54. The van der Waals surface area contributed by atoms with Gasteiger partial charge in [0.2, 0.25) is 0 Å². The van der Waals surface area contributed by atoms with Crippen molar-refractivity contribution in [1.29, 1.82) is 0 Å². The zero-order valence-corrected chi connectivity index (χ0v) is 11.1. The molecule has 0 spiro atoms. The molecule has 0 heteroatoms. The average molecular weight is 210 g/mol. The summed E-state index contributed by atoms with van der Waals surface area (Å²) in [5.41, 5.74) is 0.583. The standard InChI is InChI=1S/C15H30/c1-14-12-10-8-6-4-5-7-9-11-13-15(14,2)3/h14H,4-13H2,1-3H3. The van der Waals surface area contributed by atoms with Gasteiger partial charge in [-0.25, -0.2) is 0 Å². The SMILES string of the molecule is CC1CCCCCCCCCCC1(C)C. The van der Waals surface area contributed by atoms with Crippen LogP contribution in [-0.2, 0) is 0 Å². The van der Waals surface area contributed by atoms with E-state index < -0.39 is 0 Å². The number of hydrogen-bond donors (Lipinski definition) is 0. The van der Waals surface area contributed by atoms with Crippen LogP contribution in [0.4, 0.5) is 0 Å². The van der Waals surface area contributed by atoms with Gasteiger partial charge in [0.05, 0.1) is 0 Å². The first kappa shape index (κ1) is 13.1. The Bertz CT molecular complexity index is 157. The minimum absolute atomic E-state index is 0.583. The summed E-state index contributed by atoms with van der Waals surface area (Å²) in [4.78, 5) is 0. The summed E-state index contributed by atoms with van der Waals surface area (Å²) >= 11 is 0. The van der Waals surface area contributed by atoms with E-state index in [9.17, 15) is 0 Å². The van der Waals surface area contributed by atoms with Crippen molar-refractivity contribution in [2.45, 2.75) is 85.0 Å². The van der Waals surface area contributed by atoms with Gasteiger partial charge in [-0.15, -0.1) is 0 Å². The van der Waals surface area contributed by atoms with E-state index in [1.807, 2.05) is 0 Å². The highest BCUT2D eigenvalue weighted by molar-refractivity contribution is 4.75.